The van der Waals surface area contributed by atoms with Crippen molar-refractivity contribution in [2.75, 3.05) is 11.8 Å². The molecule has 1 aliphatic heterocycles. The lowest BCUT2D eigenvalue weighted by Crippen LogP contribution is -2.26. The minimum atomic E-state index is -4.01. The Morgan fingerprint density at radius 2 is 1.71 bits per heavy atom. The highest BCUT2D eigenvalue weighted by Gasteiger charge is 2.33. The van der Waals surface area contributed by atoms with Crippen LogP contribution >= 0.6 is 33.9 Å². The maximum Gasteiger partial charge on any atom is 0.308 e. The number of aryl methyl sites for hydroxylation is 4. The van der Waals surface area contributed by atoms with Crippen LogP contribution in [-0.2, 0) is 19.6 Å². The fraction of sp³-hybridized carbons (Fsp3) is 0.200. The van der Waals surface area contributed by atoms with Crippen molar-refractivity contribution in [2.45, 2.75) is 56.0 Å². The van der Waals surface area contributed by atoms with E-state index in [4.69, 9.17) is 9.73 Å². The summed E-state index contributed by atoms with van der Waals surface area (Å²) in [7, 11) is -2.68. The summed E-state index contributed by atoms with van der Waals surface area (Å²) in [6.07, 6.45) is 1.51. The number of benzene rings is 4. The van der Waals surface area contributed by atoms with Crippen LogP contribution in [0.1, 0.15) is 82.3 Å². The molecule has 7 aromatic rings. The van der Waals surface area contributed by atoms with Crippen LogP contribution in [0.25, 0.3) is 27.0 Å². The molecule has 13 nitrogen and oxygen atoms in total. The number of thiophene rings is 1. The molecule has 0 saturated carbocycles. The van der Waals surface area contributed by atoms with Crippen LogP contribution in [-0.4, -0.2) is 52.9 Å². The summed E-state index contributed by atoms with van der Waals surface area (Å²) < 4.78 is 51.7. The van der Waals surface area contributed by atoms with E-state index in [0.29, 0.717) is 61.8 Å². The van der Waals surface area contributed by atoms with Crippen molar-refractivity contribution >= 4 is 78.1 Å². The van der Waals surface area contributed by atoms with Gasteiger partial charge in [0.1, 0.15) is 32.8 Å². The van der Waals surface area contributed by atoms with Gasteiger partial charge in [0.15, 0.2) is 5.82 Å². The van der Waals surface area contributed by atoms with E-state index >= 15 is 4.39 Å². The molecule has 2 atom stereocenters. The van der Waals surface area contributed by atoms with Crippen molar-refractivity contribution in [2.24, 2.45) is 4.99 Å². The molecule has 0 bridgehead atoms. The number of carbonyl (C=O) groups excluding carboxylic acids is 2. The Balaban J connectivity index is 0.999. The third-order valence-electron chi connectivity index (χ3n) is 11.0. The summed E-state index contributed by atoms with van der Waals surface area (Å²) in [4.78, 5) is 35.3. The molecule has 1 aliphatic rings. The fourth-order valence-corrected chi connectivity index (χ4v) is 10.6. The lowest BCUT2D eigenvalue weighted by molar-refractivity contribution is -0.141. The third-order valence-corrected chi connectivity index (χ3v) is 14.6. The number of sulfonamides is 1. The smallest absolute Gasteiger partial charge is 0.308 e. The summed E-state index contributed by atoms with van der Waals surface area (Å²) in [5.74, 6) is -0.291. The molecule has 62 heavy (non-hydrogen) atoms. The van der Waals surface area contributed by atoms with E-state index in [0.717, 1.165) is 32.1 Å². The molecule has 17 heteroatoms. The Bertz CT molecular complexity index is 3150. The SMILES string of the molecule is COC(=O)C[C@@H]1N=C(c2ccc(-c3cc(C)c(C(=O)NC(I)c4ccc(S(=O)(=O)Nc5ccc(C)c6c(C#N)c[nH]c56)cc4)cc3F)cc2)c2c(sc(C)c2C)-n2c(C)nnc21. The minimum Gasteiger partial charge on any atom is -0.469 e. The van der Waals surface area contributed by atoms with Crippen LogP contribution < -0.4 is 10.0 Å². The molecule has 0 saturated heterocycles. The topological polar surface area (TPSA) is 184 Å². The van der Waals surface area contributed by atoms with Crippen molar-refractivity contribution in [1.82, 2.24) is 25.1 Å². The number of nitrogens with zero attached hydrogens (tertiary/aromatic N) is 5. The lowest BCUT2D eigenvalue weighted by Gasteiger charge is -2.16. The van der Waals surface area contributed by atoms with Crippen molar-refractivity contribution in [3.63, 3.8) is 0 Å². The number of halogens is 2. The normalized spacial score (nSPS) is 14.0. The standard InChI is InChI=1S/C45H38FIN8O5S2/c1-22-7-16-35(41-38(22)30(20-48)21-49-41)54-62(58,59)31-14-12-29(13-15-31)42(47)51-44(57)32-18-34(46)33(17-23(32)2)27-8-10-28(11-9-27)40-39-24(3)25(4)61-45(39)55-26(5)52-53-43(55)36(50-40)19-37(56)60-6/h7-18,21,36,42,49,54H,19H2,1-6H3,(H,51,57)/t36-,42?/m0/s1. The van der Waals surface area contributed by atoms with E-state index in [2.05, 4.69) is 31.3 Å². The van der Waals surface area contributed by atoms with Crippen LogP contribution in [0.15, 0.2) is 88.9 Å². The third kappa shape index (κ3) is 7.66. The number of rotatable bonds is 10. The number of esters is 1. The second-order valence-electron chi connectivity index (χ2n) is 14.9. The molecule has 4 heterocycles. The van der Waals surface area contributed by atoms with E-state index in [1.165, 1.54) is 25.3 Å². The molecule has 1 amide bonds. The van der Waals surface area contributed by atoms with E-state index < -0.39 is 37.8 Å². The van der Waals surface area contributed by atoms with E-state index in [1.807, 2.05) is 67.0 Å². The first kappa shape index (κ1) is 42.5. The van der Waals surface area contributed by atoms with Crippen LogP contribution in [0.5, 0.6) is 0 Å². The second-order valence-corrected chi connectivity index (χ2v) is 19.0. The Hall–Kier alpha value is -6.23. The molecule has 1 unspecified atom stereocenters. The average Bonchev–Trinajstić information content (AvgIpc) is 3.93. The van der Waals surface area contributed by atoms with Crippen molar-refractivity contribution in [1.29, 1.82) is 5.26 Å². The first-order chi connectivity index (χ1) is 29.6. The number of nitriles is 1. The van der Waals surface area contributed by atoms with E-state index in [-0.39, 0.29) is 16.9 Å². The molecule has 0 spiro atoms. The summed E-state index contributed by atoms with van der Waals surface area (Å²) in [5.41, 5.74) is 7.71. The van der Waals surface area contributed by atoms with Crippen molar-refractivity contribution in [3.05, 3.63) is 146 Å². The van der Waals surface area contributed by atoms with E-state index in [9.17, 15) is 23.3 Å². The maximum atomic E-state index is 16.0. The monoisotopic (exact) mass is 980 g/mol. The largest absolute Gasteiger partial charge is 0.469 e. The van der Waals surface area contributed by atoms with Crippen LogP contribution in [0.2, 0.25) is 0 Å². The highest BCUT2D eigenvalue weighted by molar-refractivity contribution is 14.1. The number of H-pyrrole nitrogens is 1. The van der Waals surface area contributed by atoms with Gasteiger partial charge in [0, 0.05) is 38.7 Å². The van der Waals surface area contributed by atoms with Crippen LogP contribution in [0, 0.1) is 51.8 Å². The lowest BCUT2D eigenvalue weighted by atomic mass is 9.95. The number of nitrogens with one attached hydrogen (secondary N) is 3. The van der Waals surface area contributed by atoms with Gasteiger partial charge < -0.3 is 15.0 Å². The van der Waals surface area contributed by atoms with Crippen molar-refractivity contribution in [3.8, 4) is 22.2 Å². The molecule has 8 rings (SSSR count). The van der Waals surface area contributed by atoms with Gasteiger partial charge in [-0.2, -0.15) is 5.26 Å². The summed E-state index contributed by atoms with van der Waals surface area (Å²) >= 11 is 3.63. The average molecular weight is 981 g/mol. The van der Waals surface area contributed by atoms with Crippen LogP contribution in [0.4, 0.5) is 10.1 Å². The Morgan fingerprint density at radius 1 is 1.00 bits per heavy atom. The van der Waals surface area contributed by atoms with Gasteiger partial charge in [-0.1, -0.05) is 65.1 Å². The number of methoxy groups -OCH3 is 1. The Labute approximate surface area is 374 Å². The van der Waals surface area contributed by atoms with Gasteiger partial charge in [0.05, 0.1) is 40.9 Å². The van der Waals surface area contributed by atoms with Gasteiger partial charge in [-0.05, 0) is 92.8 Å². The number of hydrogen-bond acceptors (Lipinski definition) is 10. The van der Waals surface area contributed by atoms with Gasteiger partial charge in [-0.3, -0.25) is 23.9 Å². The predicted molar refractivity (Wildman–Crippen MR) is 244 cm³/mol. The predicted octanol–water partition coefficient (Wildman–Crippen LogP) is 9.15. The highest BCUT2D eigenvalue weighted by Crippen LogP contribution is 2.40. The van der Waals surface area contributed by atoms with Gasteiger partial charge in [-0.15, -0.1) is 21.5 Å². The quantitative estimate of drug-likeness (QED) is 0.0525. The zero-order chi connectivity index (χ0) is 44.2. The number of ether oxygens (including phenoxy) is 1. The van der Waals surface area contributed by atoms with Crippen LogP contribution in [0.3, 0.4) is 0 Å². The number of fused-ring (bicyclic) bond motifs is 4. The molecule has 4 aromatic carbocycles. The fourth-order valence-electron chi connectivity index (χ4n) is 7.61. The number of aromatic nitrogens is 4. The molecular formula is C45H38FIN8O5S2. The molecule has 3 aromatic heterocycles. The molecule has 3 N–H and O–H groups in total. The Morgan fingerprint density at radius 3 is 2.40 bits per heavy atom. The number of anilines is 1. The summed E-state index contributed by atoms with van der Waals surface area (Å²) in [5, 5.41) is 22.6. The van der Waals surface area contributed by atoms with Gasteiger partial charge in [0.25, 0.3) is 15.9 Å². The molecule has 0 radical (unpaired) electrons. The van der Waals surface area contributed by atoms with Gasteiger partial charge in [0.2, 0.25) is 0 Å². The zero-order valence-corrected chi connectivity index (χ0v) is 38.0. The Kier molecular flexibility index (Phi) is 11.3. The first-order valence-corrected chi connectivity index (χ1v) is 22.8. The number of carbonyl (C=O) groups is 2. The van der Waals surface area contributed by atoms with E-state index in [1.54, 1.807) is 66.9 Å². The summed E-state index contributed by atoms with van der Waals surface area (Å²) in [6.45, 7) is 9.53. The number of hydrogen-bond donors (Lipinski definition) is 3. The van der Waals surface area contributed by atoms with Gasteiger partial charge in [-0.25, -0.2) is 12.8 Å². The number of alkyl halides is 1. The molecule has 0 aliphatic carbocycles. The minimum absolute atomic E-state index is 0.00485. The summed E-state index contributed by atoms with van der Waals surface area (Å²) in [6, 6.07) is 21.2. The first-order valence-electron chi connectivity index (χ1n) is 19.3. The number of aromatic amines is 1. The number of aliphatic imine (C=N–C) groups is 1. The zero-order valence-electron chi connectivity index (χ0n) is 34.2. The van der Waals surface area contributed by atoms with Gasteiger partial charge >= 0.3 is 5.97 Å². The maximum absolute atomic E-state index is 16.0. The van der Waals surface area contributed by atoms with Crippen molar-refractivity contribution < 1.29 is 27.1 Å². The second kappa shape index (κ2) is 16.6. The highest BCUT2D eigenvalue weighted by atomic mass is 127. The number of amides is 1. The molecule has 314 valence electrons. The molecular weight excluding hydrogens is 943 g/mol. The molecule has 0 fully saturated rings.